The van der Waals surface area contributed by atoms with E-state index in [0.717, 1.165) is 0 Å². The molecule has 9 nitrogen and oxygen atoms in total. The van der Waals surface area contributed by atoms with Crippen molar-refractivity contribution in [1.82, 2.24) is 19.2 Å². The molecule has 2 heterocycles. The number of alkyl carbamates (subject to hydrolysis) is 1. The number of nitrogens with one attached hydrogen (secondary N) is 1. The van der Waals surface area contributed by atoms with E-state index in [0.29, 0.717) is 18.1 Å². The zero-order valence-electron chi connectivity index (χ0n) is 16.1. The second-order valence-corrected chi connectivity index (χ2v) is 8.66. The average molecular weight is 388 g/mol. The summed E-state index contributed by atoms with van der Waals surface area (Å²) in [6.07, 6.45) is 2.25. The van der Waals surface area contributed by atoms with Crippen LogP contribution in [0.2, 0.25) is 0 Å². The lowest BCUT2D eigenvalue weighted by Gasteiger charge is -2.27. The van der Waals surface area contributed by atoms with E-state index in [9.17, 15) is 9.00 Å². The first-order valence-electron chi connectivity index (χ1n) is 8.34. The van der Waals surface area contributed by atoms with Crippen LogP contribution in [0.15, 0.2) is 17.6 Å². The number of amides is 1. The molecule has 1 aliphatic rings. The van der Waals surface area contributed by atoms with E-state index < -0.39 is 29.0 Å². The summed E-state index contributed by atoms with van der Waals surface area (Å²) in [4.78, 5) is 16.3. The van der Waals surface area contributed by atoms with Crippen LogP contribution in [0, 0.1) is 5.92 Å². The standard InChI is InChI=1S/C16H28N4O5S/c1-16(2,3)25-15(21)18-12-8-20(7-11(12)14(23-5)24-6)26(22)13-9-19(4)10-17-13/h9-12,14H,7-8H2,1-6H3,(H,18,21)/t11-,12-,26?/m1/s1. The van der Waals surface area contributed by atoms with Gasteiger partial charge in [0.2, 0.25) is 0 Å². The first-order valence-corrected chi connectivity index (χ1v) is 9.45. The molecule has 2 rings (SSSR count). The van der Waals surface area contributed by atoms with E-state index in [-0.39, 0.29) is 12.0 Å². The predicted molar refractivity (Wildman–Crippen MR) is 95.6 cm³/mol. The smallest absolute Gasteiger partial charge is 0.407 e. The fraction of sp³-hybridized carbons (Fsp3) is 0.750. The highest BCUT2D eigenvalue weighted by atomic mass is 32.2. The van der Waals surface area contributed by atoms with Crippen molar-refractivity contribution in [1.29, 1.82) is 0 Å². The van der Waals surface area contributed by atoms with E-state index in [2.05, 4.69) is 10.3 Å². The Kier molecular flexibility index (Phi) is 6.78. The van der Waals surface area contributed by atoms with Crippen molar-refractivity contribution in [2.75, 3.05) is 27.3 Å². The van der Waals surface area contributed by atoms with E-state index in [1.54, 1.807) is 42.2 Å². The number of nitrogens with zero attached hydrogens (tertiary/aromatic N) is 3. The molecule has 1 fully saturated rings. The summed E-state index contributed by atoms with van der Waals surface area (Å²) < 4.78 is 32.4. The summed E-state index contributed by atoms with van der Waals surface area (Å²) in [5.41, 5.74) is -0.601. The summed E-state index contributed by atoms with van der Waals surface area (Å²) in [5, 5.41) is 3.32. The summed E-state index contributed by atoms with van der Waals surface area (Å²) >= 11 is 0. The Morgan fingerprint density at radius 1 is 1.35 bits per heavy atom. The van der Waals surface area contributed by atoms with Crippen LogP contribution in [0.3, 0.4) is 0 Å². The van der Waals surface area contributed by atoms with E-state index in [1.165, 1.54) is 14.2 Å². The third kappa shape index (κ3) is 5.26. The molecule has 0 radical (unpaired) electrons. The number of hydrogen-bond donors (Lipinski definition) is 1. The molecule has 148 valence electrons. The molecule has 1 amide bonds. The van der Waals surface area contributed by atoms with Gasteiger partial charge in [-0.15, -0.1) is 0 Å². The van der Waals surface area contributed by atoms with Crippen LogP contribution in [-0.4, -0.2) is 69.4 Å². The number of carbonyl (C=O) groups is 1. The average Bonchev–Trinajstić information content (AvgIpc) is 3.13. The lowest BCUT2D eigenvalue weighted by atomic mass is 10.0. The summed E-state index contributed by atoms with van der Waals surface area (Å²) in [6, 6.07) is -0.331. The predicted octanol–water partition coefficient (Wildman–Crippen LogP) is 0.887. The van der Waals surface area contributed by atoms with E-state index >= 15 is 0 Å². The fourth-order valence-electron chi connectivity index (χ4n) is 2.87. The van der Waals surface area contributed by atoms with Crippen LogP contribution in [0.5, 0.6) is 0 Å². The lowest BCUT2D eigenvalue weighted by Crippen LogP contribution is -2.46. The molecular weight excluding hydrogens is 360 g/mol. The van der Waals surface area contributed by atoms with Gasteiger partial charge in [0.25, 0.3) is 0 Å². The van der Waals surface area contributed by atoms with Gasteiger partial charge >= 0.3 is 6.09 Å². The Bertz CT molecular complexity index is 641. The zero-order valence-corrected chi connectivity index (χ0v) is 16.9. The highest BCUT2D eigenvalue weighted by Gasteiger charge is 2.42. The topological polar surface area (TPSA) is 94.9 Å². The number of rotatable bonds is 6. The molecular formula is C16H28N4O5S. The van der Waals surface area contributed by atoms with Crippen molar-refractivity contribution in [3.05, 3.63) is 12.5 Å². The summed E-state index contributed by atoms with van der Waals surface area (Å²) in [5.74, 6) is -0.204. The molecule has 0 saturated carbocycles. The Labute approximate surface area is 156 Å². The first-order chi connectivity index (χ1) is 12.1. The molecule has 0 spiro atoms. The fourth-order valence-corrected chi connectivity index (χ4v) is 4.13. The van der Waals surface area contributed by atoms with Crippen LogP contribution in [0.25, 0.3) is 0 Å². The summed E-state index contributed by atoms with van der Waals surface area (Å²) in [6.45, 7) is 6.20. The van der Waals surface area contributed by atoms with Crippen LogP contribution in [-0.2, 0) is 32.2 Å². The molecule has 1 aromatic heterocycles. The van der Waals surface area contributed by atoms with Crippen molar-refractivity contribution in [3.8, 4) is 0 Å². The van der Waals surface area contributed by atoms with Gasteiger partial charge in [0.1, 0.15) is 16.6 Å². The molecule has 0 aliphatic carbocycles. The van der Waals surface area contributed by atoms with Crippen molar-refractivity contribution < 1.29 is 23.2 Å². The van der Waals surface area contributed by atoms with Crippen LogP contribution in [0.4, 0.5) is 4.79 Å². The van der Waals surface area contributed by atoms with Gasteiger partial charge in [-0.25, -0.2) is 18.3 Å². The lowest BCUT2D eigenvalue weighted by molar-refractivity contribution is -0.137. The normalized spacial score (nSPS) is 22.6. The second-order valence-electron chi connectivity index (χ2n) is 7.23. The van der Waals surface area contributed by atoms with Crippen LogP contribution < -0.4 is 5.32 Å². The quantitative estimate of drug-likeness (QED) is 0.727. The number of imidazole rings is 1. The van der Waals surface area contributed by atoms with Crippen molar-refractivity contribution >= 4 is 17.1 Å². The second kappa shape index (κ2) is 8.47. The Balaban J connectivity index is 2.13. The Hall–Kier alpha value is -1.49. The minimum absolute atomic E-state index is 0.204. The maximum absolute atomic E-state index is 12.8. The van der Waals surface area contributed by atoms with Gasteiger partial charge < -0.3 is 24.1 Å². The van der Waals surface area contributed by atoms with Crippen molar-refractivity contribution in [2.24, 2.45) is 13.0 Å². The molecule has 0 aromatic carbocycles. The van der Waals surface area contributed by atoms with Gasteiger partial charge in [0.05, 0.1) is 12.4 Å². The van der Waals surface area contributed by atoms with Gasteiger partial charge in [-0.05, 0) is 20.8 Å². The maximum Gasteiger partial charge on any atom is 0.407 e. The van der Waals surface area contributed by atoms with Gasteiger partial charge in [-0.1, -0.05) is 0 Å². The maximum atomic E-state index is 12.8. The minimum atomic E-state index is -1.44. The van der Waals surface area contributed by atoms with Gasteiger partial charge in [-0.2, -0.15) is 0 Å². The highest BCUT2D eigenvalue weighted by molar-refractivity contribution is 7.82. The summed E-state index contributed by atoms with van der Waals surface area (Å²) in [7, 11) is 3.46. The molecule has 26 heavy (non-hydrogen) atoms. The third-order valence-corrected chi connectivity index (χ3v) is 5.28. The molecule has 1 N–H and O–H groups in total. The number of methoxy groups -OCH3 is 2. The molecule has 1 aliphatic heterocycles. The molecule has 10 heteroatoms. The van der Waals surface area contributed by atoms with E-state index in [4.69, 9.17) is 14.2 Å². The largest absolute Gasteiger partial charge is 0.444 e. The van der Waals surface area contributed by atoms with Crippen molar-refractivity contribution in [3.63, 3.8) is 0 Å². The first kappa shape index (κ1) is 20.8. The number of ether oxygens (including phenoxy) is 3. The number of carbonyl (C=O) groups excluding carboxylic acids is 1. The number of hydrogen-bond acceptors (Lipinski definition) is 6. The molecule has 1 unspecified atom stereocenters. The third-order valence-electron chi connectivity index (χ3n) is 3.94. The monoisotopic (exact) mass is 388 g/mol. The Morgan fingerprint density at radius 2 is 2.00 bits per heavy atom. The van der Waals surface area contributed by atoms with Crippen LogP contribution in [0.1, 0.15) is 20.8 Å². The molecule has 0 bridgehead atoms. The van der Waals surface area contributed by atoms with Crippen molar-refractivity contribution in [2.45, 2.75) is 43.7 Å². The van der Waals surface area contributed by atoms with Crippen LogP contribution >= 0.6 is 0 Å². The molecule has 3 atom stereocenters. The Morgan fingerprint density at radius 3 is 2.50 bits per heavy atom. The SMILES string of the molecule is COC(OC)[C@@H]1CN(S(=O)c2cn(C)cn2)C[C@H]1NC(=O)OC(C)(C)C. The van der Waals surface area contributed by atoms with E-state index in [1.807, 2.05) is 7.05 Å². The van der Waals surface area contributed by atoms with Gasteiger partial charge in [0, 0.05) is 46.5 Å². The molecule has 1 aromatic rings. The van der Waals surface area contributed by atoms with Gasteiger partial charge in [-0.3, -0.25) is 0 Å². The number of aromatic nitrogens is 2. The highest BCUT2D eigenvalue weighted by Crippen LogP contribution is 2.26. The number of aryl methyl sites for hydroxylation is 1. The van der Waals surface area contributed by atoms with Gasteiger partial charge in [0.15, 0.2) is 11.3 Å². The minimum Gasteiger partial charge on any atom is -0.444 e. The molecule has 1 saturated heterocycles. The zero-order chi connectivity index (χ0) is 19.5.